The van der Waals surface area contributed by atoms with Gasteiger partial charge in [-0.05, 0) is 30.7 Å². The van der Waals surface area contributed by atoms with Gasteiger partial charge in [0, 0.05) is 38.1 Å². The van der Waals surface area contributed by atoms with E-state index in [4.69, 9.17) is 11.6 Å². The summed E-state index contributed by atoms with van der Waals surface area (Å²) in [5.74, 6) is -0.272. The maximum atomic E-state index is 13.5. The first-order valence-electron chi connectivity index (χ1n) is 10.8. The van der Waals surface area contributed by atoms with E-state index in [0.29, 0.717) is 42.1 Å². The van der Waals surface area contributed by atoms with Crippen LogP contribution in [0.2, 0.25) is 5.02 Å². The lowest BCUT2D eigenvalue weighted by Gasteiger charge is -2.35. The zero-order valence-corrected chi connectivity index (χ0v) is 19.3. The lowest BCUT2D eigenvalue weighted by Crippen LogP contribution is -2.52. The van der Waals surface area contributed by atoms with E-state index < -0.39 is 17.3 Å². The lowest BCUT2D eigenvalue weighted by molar-refractivity contribution is -0.140. The molecule has 8 nitrogen and oxygen atoms in total. The Morgan fingerprint density at radius 2 is 1.61 bits per heavy atom. The number of aromatic nitrogens is 2. The van der Waals surface area contributed by atoms with Crippen molar-refractivity contribution >= 4 is 34.3 Å². The van der Waals surface area contributed by atoms with Gasteiger partial charge in [-0.3, -0.25) is 23.5 Å². The van der Waals surface area contributed by atoms with Crippen LogP contribution in [0.15, 0.2) is 58.1 Å². The SMILES string of the molecule is CC(=O)N1CCN(C(=O)C(C)n2c(=O)n(Cc3ccccc3)c(=O)c3ccc(Cl)cc32)CC1. The smallest absolute Gasteiger partial charge is 0.332 e. The molecule has 3 aromatic rings. The van der Waals surface area contributed by atoms with Gasteiger partial charge in [0.25, 0.3) is 5.56 Å². The van der Waals surface area contributed by atoms with Crippen molar-refractivity contribution in [2.75, 3.05) is 26.2 Å². The van der Waals surface area contributed by atoms with Crippen LogP contribution in [0, 0.1) is 0 Å². The topological polar surface area (TPSA) is 84.6 Å². The quantitative estimate of drug-likeness (QED) is 0.587. The summed E-state index contributed by atoms with van der Waals surface area (Å²) in [5, 5.41) is 0.682. The first kappa shape index (κ1) is 22.8. The highest BCUT2D eigenvalue weighted by Gasteiger charge is 2.29. The van der Waals surface area contributed by atoms with Crippen LogP contribution in [0.4, 0.5) is 0 Å². The standard InChI is InChI=1S/C24H25ClN4O4/c1-16(22(31)27-12-10-26(11-13-27)17(2)30)29-21-14-19(25)8-9-20(21)23(32)28(24(29)33)15-18-6-4-3-5-7-18/h3-9,14,16H,10-13,15H2,1-2H3. The van der Waals surface area contributed by atoms with Crippen molar-refractivity contribution in [3.63, 3.8) is 0 Å². The molecule has 2 aromatic carbocycles. The summed E-state index contributed by atoms with van der Waals surface area (Å²) in [6.07, 6.45) is 0. The molecule has 9 heteroatoms. The van der Waals surface area contributed by atoms with E-state index in [0.717, 1.165) is 10.1 Å². The van der Waals surface area contributed by atoms with Crippen molar-refractivity contribution in [2.45, 2.75) is 26.4 Å². The van der Waals surface area contributed by atoms with Gasteiger partial charge in [-0.15, -0.1) is 0 Å². The molecule has 2 heterocycles. The van der Waals surface area contributed by atoms with E-state index in [2.05, 4.69) is 0 Å². The normalized spacial score (nSPS) is 15.0. The van der Waals surface area contributed by atoms with Crippen molar-refractivity contribution in [1.82, 2.24) is 18.9 Å². The highest BCUT2D eigenvalue weighted by Crippen LogP contribution is 2.20. The molecule has 2 amide bonds. The highest BCUT2D eigenvalue weighted by atomic mass is 35.5. The number of halogens is 1. The number of hydrogen-bond donors (Lipinski definition) is 0. The van der Waals surface area contributed by atoms with Gasteiger partial charge in [0.05, 0.1) is 17.4 Å². The van der Waals surface area contributed by atoms with Crippen LogP contribution in [0.1, 0.15) is 25.5 Å². The highest BCUT2D eigenvalue weighted by molar-refractivity contribution is 6.31. The maximum Gasteiger partial charge on any atom is 0.332 e. The number of rotatable bonds is 4. The zero-order chi connectivity index (χ0) is 23.7. The molecule has 0 aliphatic carbocycles. The van der Waals surface area contributed by atoms with Gasteiger partial charge in [0.1, 0.15) is 6.04 Å². The minimum atomic E-state index is -0.857. The summed E-state index contributed by atoms with van der Waals surface area (Å²) in [5.41, 5.74) is 0.129. The number of fused-ring (bicyclic) bond motifs is 1. The Kier molecular flexibility index (Phi) is 6.37. The van der Waals surface area contributed by atoms with E-state index in [1.165, 1.54) is 11.5 Å². The van der Waals surface area contributed by atoms with E-state index in [-0.39, 0.29) is 18.4 Å². The second-order valence-corrected chi connectivity index (χ2v) is 8.63. The molecule has 0 spiro atoms. The number of piperazine rings is 1. The van der Waals surface area contributed by atoms with Crippen molar-refractivity contribution in [1.29, 1.82) is 0 Å². The Morgan fingerprint density at radius 3 is 2.24 bits per heavy atom. The first-order valence-corrected chi connectivity index (χ1v) is 11.2. The molecule has 1 atom stereocenters. The van der Waals surface area contributed by atoms with Gasteiger partial charge in [0.2, 0.25) is 11.8 Å². The summed E-state index contributed by atoms with van der Waals surface area (Å²) in [4.78, 5) is 55.0. The van der Waals surface area contributed by atoms with Gasteiger partial charge < -0.3 is 9.80 Å². The summed E-state index contributed by atoms with van der Waals surface area (Å²) < 4.78 is 2.51. The second kappa shape index (κ2) is 9.23. The van der Waals surface area contributed by atoms with Crippen LogP contribution in [-0.2, 0) is 16.1 Å². The Balaban J connectivity index is 1.78. The molecule has 4 rings (SSSR count). The van der Waals surface area contributed by atoms with Crippen LogP contribution in [0.3, 0.4) is 0 Å². The van der Waals surface area contributed by atoms with Gasteiger partial charge in [0.15, 0.2) is 0 Å². The Bertz CT molecular complexity index is 1320. The van der Waals surface area contributed by atoms with Gasteiger partial charge >= 0.3 is 5.69 Å². The number of hydrogen-bond acceptors (Lipinski definition) is 4. The number of benzene rings is 2. The average molecular weight is 469 g/mol. The van der Waals surface area contributed by atoms with Gasteiger partial charge in [-0.2, -0.15) is 0 Å². The molecule has 1 unspecified atom stereocenters. The van der Waals surface area contributed by atoms with Crippen molar-refractivity contribution in [3.8, 4) is 0 Å². The molecule has 1 saturated heterocycles. The van der Waals surface area contributed by atoms with Crippen LogP contribution >= 0.6 is 11.6 Å². The molecule has 1 aromatic heterocycles. The largest absolute Gasteiger partial charge is 0.339 e. The predicted molar refractivity (Wildman–Crippen MR) is 127 cm³/mol. The van der Waals surface area contributed by atoms with Gasteiger partial charge in [-0.1, -0.05) is 41.9 Å². The molecule has 0 radical (unpaired) electrons. The number of nitrogens with zero attached hydrogens (tertiary/aromatic N) is 4. The predicted octanol–water partition coefficient (Wildman–Crippen LogP) is 2.12. The molecular formula is C24H25ClN4O4. The molecule has 0 saturated carbocycles. The van der Waals surface area contributed by atoms with Gasteiger partial charge in [-0.25, -0.2) is 4.79 Å². The third-order valence-corrected chi connectivity index (χ3v) is 6.33. The summed E-state index contributed by atoms with van der Waals surface area (Å²) in [6.45, 7) is 4.92. The Hall–Kier alpha value is -3.39. The number of carbonyl (C=O) groups excluding carboxylic acids is 2. The number of carbonyl (C=O) groups is 2. The molecule has 0 bridgehead atoms. The molecule has 1 fully saturated rings. The third kappa shape index (κ3) is 4.43. The van der Waals surface area contributed by atoms with Crippen molar-refractivity contribution < 1.29 is 9.59 Å². The fourth-order valence-electron chi connectivity index (χ4n) is 4.25. The van der Waals surface area contributed by atoms with Crippen LogP contribution in [0.25, 0.3) is 10.9 Å². The minimum absolute atomic E-state index is 0.0278. The molecule has 172 valence electrons. The molecule has 33 heavy (non-hydrogen) atoms. The maximum absolute atomic E-state index is 13.5. The number of amides is 2. The van der Waals surface area contributed by atoms with E-state index in [1.54, 1.807) is 34.9 Å². The molecule has 1 aliphatic rings. The van der Waals surface area contributed by atoms with Crippen LogP contribution in [0.5, 0.6) is 0 Å². The van der Waals surface area contributed by atoms with Crippen LogP contribution < -0.4 is 11.2 Å². The fraction of sp³-hybridized carbons (Fsp3) is 0.333. The van der Waals surface area contributed by atoms with Crippen molar-refractivity contribution in [3.05, 3.63) is 80.0 Å². The fourth-order valence-corrected chi connectivity index (χ4v) is 4.41. The van der Waals surface area contributed by atoms with E-state index >= 15 is 0 Å². The summed E-state index contributed by atoms with van der Waals surface area (Å²) >= 11 is 6.19. The molecule has 0 N–H and O–H groups in total. The Labute approximate surface area is 195 Å². The van der Waals surface area contributed by atoms with Crippen molar-refractivity contribution in [2.24, 2.45) is 0 Å². The van der Waals surface area contributed by atoms with E-state index in [1.807, 2.05) is 30.3 Å². The van der Waals surface area contributed by atoms with Crippen LogP contribution in [-0.4, -0.2) is 56.9 Å². The zero-order valence-electron chi connectivity index (χ0n) is 18.5. The minimum Gasteiger partial charge on any atom is -0.339 e. The molecule has 1 aliphatic heterocycles. The third-order valence-electron chi connectivity index (χ3n) is 6.10. The summed E-state index contributed by atoms with van der Waals surface area (Å²) in [7, 11) is 0. The monoisotopic (exact) mass is 468 g/mol. The Morgan fingerprint density at radius 1 is 0.970 bits per heavy atom. The molecular weight excluding hydrogens is 444 g/mol. The average Bonchev–Trinajstić information content (AvgIpc) is 2.82. The first-order chi connectivity index (χ1) is 15.8. The van der Waals surface area contributed by atoms with E-state index in [9.17, 15) is 19.2 Å². The summed E-state index contributed by atoms with van der Waals surface area (Å²) in [6, 6.07) is 13.1. The second-order valence-electron chi connectivity index (χ2n) is 8.20. The lowest BCUT2D eigenvalue weighted by atomic mass is 10.1.